The lowest BCUT2D eigenvalue weighted by Crippen LogP contribution is -2.54. The molecule has 0 aliphatic carbocycles. The minimum atomic E-state index is -3.47. The van der Waals surface area contributed by atoms with E-state index in [-0.39, 0.29) is 24.2 Å². The number of carbonyl (C=O) groups is 1. The third-order valence-corrected chi connectivity index (χ3v) is 6.54. The number of piperidine rings is 1. The first-order valence-electron chi connectivity index (χ1n) is 8.65. The molecule has 8 heteroatoms. The lowest BCUT2D eigenvalue weighted by Gasteiger charge is -2.36. The largest absolute Gasteiger partial charge is 0.476 e. The Labute approximate surface area is 149 Å². The zero-order valence-electron chi connectivity index (χ0n) is 14.6. The minimum absolute atomic E-state index is 0.00560. The fraction of sp³-hybridized carbons (Fsp3) is 0.588. The second-order valence-electron chi connectivity index (χ2n) is 6.59. The van der Waals surface area contributed by atoms with Crippen LogP contribution in [0.25, 0.3) is 0 Å². The standard InChI is InChI=1S/C17H25N3O4S/c1-3-25(22,23)20-12-16(24-15-7-5-4-6-14(15)20)17(21)18-13-8-10-19(2)11-9-13/h4-7,13,16H,3,8-12H2,1-2H3,(H,18,21)/t16-/m0/s1. The summed E-state index contributed by atoms with van der Waals surface area (Å²) in [6.45, 7) is 3.48. The highest BCUT2D eigenvalue weighted by atomic mass is 32.2. The van der Waals surface area contributed by atoms with Crippen LogP contribution in [0.3, 0.4) is 0 Å². The first-order chi connectivity index (χ1) is 11.9. The van der Waals surface area contributed by atoms with Crippen LogP contribution in [0, 0.1) is 0 Å². The molecule has 1 fully saturated rings. The van der Waals surface area contributed by atoms with Gasteiger partial charge in [0, 0.05) is 6.04 Å². The summed E-state index contributed by atoms with van der Waals surface area (Å²) in [5, 5.41) is 3.02. The Morgan fingerprint density at radius 1 is 1.28 bits per heavy atom. The highest BCUT2D eigenvalue weighted by Gasteiger charge is 2.36. The molecule has 0 radical (unpaired) electrons. The second-order valence-corrected chi connectivity index (χ2v) is 8.77. The van der Waals surface area contributed by atoms with Gasteiger partial charge >= 0.3 is 0 Å². The maximum Gasteiger partial charge on any atom is 0.263 e. The molecular weight excluding hydrogens is 342 g/mol. The van der Waals surface area contributed by atoms with Crippen LogP contribution >= 0.6 is 0 Å². The fourth-order valence-electron chi connectivity index (χ4n) is 3.21. The first-order valence-corrected chi connectivity index (χ1v) is 10.3. The van der Waals surface area contributed by atoms with Crippen molar-refractivity contribution in [2.75, 3.05) is 36.7 Å². The van der Waals surface area contributed by atoms with Gasteiger partial charge in [0.15, 0.2) is 6.10 Å². The van der Waals surface area contributed by atoms with Gasteiger partial charge in [0.05, 0.1) is 18.0 Å². The predicted molar refractivity (Wildman–Crippen MR) is 96.3 cm³/mol. The summed E-state index contributed by atoms with van der Waals surface area (Å²) in [6.07, 6.45) is 0.946. The van der Waals surface area contributed by atoms with Crippen molar-refractivity contribution >= 4 is 21.6 Å². The van der Waals surface area contributed by atoms with Crippen molar-refractivity contribution in [3.63, 3.8) is 0 Å². The SMILES string of the molecule is CCS(=O)(=O)N1C[C@@H](C(=O)NC2CCN(C)CC2)Oc2ccccc21. The highest BCUT2D eigenvalue weighted by Crippen LogP contribution is 2.35. The molecule has 2 aliphatic heterocycles. The molecule has 2 heterocycles. The van der Waals surface area contributed by atoms with Gasteiger partial charge in [0.25, 0.3) is 5.91 Å². The summed E-state index contributed by atoms with van der Waals surface area (Å²) in [7, 11) is -1.41. The number of anilines is 1. The average Bonchev–Trinajstić information content (AvgIpc) is 2.62. The molecule has 0 unspecified atom stereocenters. The summed E-state index contributed by atoms with van der Waals surface area (Å²) in [6, 6.07) is 7.04. The molecular formula is C17H25N3O4S. The van der Waals surface area contributed by atoms with Gasteiger partial charge in [-0.2, -0.15) is 0 Å². The van der Waals surface area contributed by atoms with Crippen molar-refractivity contribution in [1.82, 2.24) is 10.2 Å². The highest BCUT2D eigenvalue weighted by molar-refractivity contribution is 7.92. The van der Waals surface area contributed by atoms with Crippen molar-refractivity contribution in [3.8, 4) is 5.75 Å². The van der Waals surface area contributed by atoms with Crippen LogP contribution in [0.5, 0.6) is 5.75 Å². The van der Waals surface area contributed by atoms with Crippen molar-refractivity contribution < 1.29 is 17.9 Å². The number of fused-ring (bicyclic) bond motifs is 1. The Morgan fingerprint density at radius 3 is 2.64 bits per heavy atom. The van der Waals surface area contributed by atoms with Gasteiger partial charge in [-0.1, -0.05) is 12.1 Å². The molecule has 0 bridgehead atoms. The van der Waals surface area contributed by atoms with Crippen molar-refractivity contribution in [2.24, 2.45) is 0 Å². The van der Waals surface area contributed by atoms with E-state index in [1.807, 2.05) is 0 Å². The fourth-order valence-corrected chi connectivity index (χ4v) is 4.33. The van der Waals surface area contributed by atoms with Crippen LogP contribution in [0.1, 0.15) is 19.8 Å². The van der Waals surface area contributed by atoms with Gasteiger partial charge in [-0.05, 0) is 52.0 Å². The van der Waals surface area contributed by atoms with Gasteiger partial charge in [-0.25, -0.2) is 8.42 Å². The number of benzene rings is 1. The van der Waals surface area contributed by atoms with Crippen LogP contribution in [0.2, 0.25) is 0 Å². The smallest absolute Gasteiger partial charge is 0.263 e. The molecule has 3 rings (SSSR count). The number of para-hydroxylation sites is 2. The van der Waals surface area contributed by atoms with Gasteiger partial charge in [-0.15, -0.1) is 0 Å². The van der Waals surface area contributed by atoms with Gasteiger partial charge in [-0.3, -0.25) is 9.10 Å². The first kappa shape index (κ1) is 18.0. The normalized spacial score (nSPS) is 22.2. The Morgan fingerprint density at radius 2 is 1.96 bits per heavy atom. The number of ether oxygens (including phenoxy) is 1. The zero-order chi connectivity index (χ0) is 18.0. The van der Waals surface area contributed by atoms with Crippen LogP contribution < -0.4 is 14.4 Å². The number of rotatable bonds is 4. The lowest BCUT2D eigenvalue weighted by molar-refractivity contribution is -0.128. The molecule has 0 spiro atoms. The molecule has 2 aliphatic rings. The molecule has 1 amide bonds. The molecule has 0 saturated carbocycles. The summed E-state index contributed by atoms with van der Waals surface area (Å²) in [5.41, 5.74) is 0.493. The summed E-state index contributed by atoms with van der Waals surface area (Å²) < 4.78 is 32.0. The van der Waals surface area contributed by atoms with E-state index in [9.17, 15) is 13.2 Å². The molecule has 0 aromatic heterocycles. The van der Waals surface area contributed by atoms with E-state index in [1.165, 1.54) is 4.31 Å². The Bertz CT molecular complexity index is 729. The van der Waals surface area contributed by atoms with E-state index in [2.05, 4.69) is 17.3 Å². The van der Waals surface area contributed by atoms with E-state index >= 15 is 0 Å². The monoisotopic (exact) mass is 367 g/mol. The van der Waals surface area contributed by atoms with Gasteiger partial charge in [0.2, 0.25) is 10.0 Å². The topological polar surface area (TPSA) is 79.0 Å². The van der Waals surface area contributed by atoms with Crippen LogP contribution in [0.15, 0.2) is 24.3 Å². The van der Waals surface area contributed by atoms with E-state index < -0.39 is 16.1 Å². The van der Waals surface area contributed by atoms with E-state index in [1.54, 1.807) is 31.2 Å². The average molecular weight is 367 g/mol. The van der Waals surface area contributed by atoms with E-state index in [0.717, 1.165) is 25.9 Å². The van der Waals surface area contributed by atoms with Crippen molar-refractivity contribution in [1.29, 1.82) is 0 Å². The van der Waals surface area contributed by atoms with Crippen LogP contribution in [-0.4, -0.2) is 63.8 Å². The van der Waals surface area contributed by atoms with Crippen LogP contribution in [0.4, 0.5) is 5.69 Å². The molecule has 25 heavy (non-hydrogen) atoms. The number of likely N-dealkylation sites (tertiary alicyclic amines) is 1. The predicted octanol–water partition coefficient (Wildman–Crippen LogP) is 0.814. The summed E-state index contributed by atoms with van der Waals surface area (Å²) in [4.78, 5) is 14.9. The number of amides is 1. The number of carbonyl (C=O) groups excluding carboxylic acids is 1. The molecule has 1 saturated heterocycles. The second kappa shape index (κ2) is 7.21. The third kappa shape index (κ3) is 3.90. The number of hydrogen-bond donors (Lipinski definition) is 1. The summed E-state index contributed by atoms with van der Waals surface area (Å²) >= 11 is 0. The Hall–Kier alpha value is -1.80. The van der Waals surface area contributed by atoms with Crippen molar-refractivity contribution in [3.05, 3.63) is 24.3 Å². The molecule has 1 aromatic rings. The minimum Gasteiger partial charge on any atom is -0.476 e. The van der Waals surface area contributed by atoms with E-state index in [4.69, 9.17) is 4.74 Å². The molecule has 1 N–H and O–H groups in total. The maximum atomic E-state index is 12.6. The number of sulfonamides is 1. The maximum absolute atomic E-state index is 12.6. The molecule has 1 aromatic carbocycles. The quantitative estimate of drug-likeness (QED) is 0.852. The third-order valence-electron chi connectivity index (χ3n) is 4.79. The Balaban J connectivity index is 1.76. The number of hydrogen-bond acceptors (Lipinski definition) is 5. The molecule has 1 atom stereocenters. The van der Waals surface area contributed by atoms with Gasteiger partial charge in [0.1, 0.15) is 5.75 Å². The lowest BCUT2D eigenvalue weighted by atomic mass is 10.1. The van der Waals surface area contributed by atoms with Crippen LogP contribution in [-0.2, 0) is 14.8 Å². The molecule has 7 nitrogen and oxygen atoms in total. The Kier molecular flexibility index (Phi) is 5.19. The number of nitrogens with zero attached hydrogens (tertiary/aromatic N) is 2. The zero-order valence-corrected chi connectivity index (χ0v) is 15.5. The van der Waals surface area contributed by atoms with Gasteiger partial charge < -0.3 is 15.0 Å². The van der Waals surface area contributed by atoms with E-state index in [0.29, 0.717) is 11.4 Å². The number of nitrogens with one attached hydrogen (secondary N) is 1. The molecule has 138 valence electrons. The summed E-state index contributed by atoms with van der Waals surface area (Å²) in [5.74, 6) is 0.152. The van der Waals surface area contributed by atoms with Crippen molar-refractivity contribution in [2.45, 2.75) is 31.9 Å².